The van der Waals surface area contributed by atoms with Crippen molar-refractivity contribution in [2.45, 2.75) is 0 Å². The number of anilines is 3. The summed E-state index contributed by atoms with van der Waals surface area (Å²) in [5, 5.41) is 7.21. The normalized spacial score (nSPS) is 11.7. The van der Waals surface area contributed by atoms with Gasteiger partial charge in [-0.05, 0) is 119 Å². The Bertz CT molecular complexity index is 3930. The Hall–Kier alpha value is -8.86. The van der Waals surface area contributed by atoms with E-state index >= 15 is 0 Å². The van der Waals surface area contributed by atoms with Crippen LogP contribution >= 0.6 is 0 Å². The van der Waals surface area contributed by atoms with Crippen molar-refractivity contribution in [1.82, 2.24) is 9.13 Å². The Labute approximate surface area is 381 Å². The smallest absolute Gasteiger partial charge is 0.143 e. The van der Waals surface area contributed by atoms with Crippen LogP contribution < -0.4 is 4.90 Å². The predicted molar refractivity (Wildman–Crippen MR) is 278 cm³/mol. The molecule has 13 aromatic rings. The molecule has 0 bridgehead atoms. The molecular weight excluding hydrogens is 803 g/mol. The molecule has 310 valence electrons. The van der Waals surface area contributed by atoms with Gasteiger partial charge in [0.15, 0.2) is 0 Å². The fraction of sp³-hybridized carbons (Fsp3) is 0. The highest BCUT2D eigenvalue weighted by Crippen LogP contribution is 2.41. The lowest BCUT2D eigenvalue weighted by molar-refractivity contribution is 0.670. The van der Waals surface area contributed by atoms with Crippen LogP contribution in [0.5, 0.6) is 0 Å². The molecule has 0 fully saturated rings. The zero-order valence-electron chi connectivity index (χ0n) is 36.0. The number of fused-ring (bicyclic) bond motifs is 9. The van der Waals surface area contributed by atoms with Gasteiger partial charge in [-0.25, -0.2) is 0 Å². The van der Waals surface area contributed by atoms with Crippen LogP contribution in [0.4, 0.5) is 17.1 Å². The van der Waals surface area contributed by atoms with Gasteiger partial charge >= 0.3 is 0 Å². The van der Waals surface area contributed by atoms with E-state index in [1.165, 1.54) is 49.2 Å². The van der Waals surface area contributed by atoms with Crippen molar-refractivity contribution >= 4 is 88.7 Å². The van der Waals surface area contributed by atoms with Gasteiger partial charge < -0.3 is 18.5 Å². The van der Waals surface area contributed by atoms with Gasteiger partial charge in [-0.2, -0.15) is 0 Å². The van der Waals surface area contributed by atoms with E-state index in [-0.39, 0.29) is 0 Å². The number of furan rings is 1. The monoisotopic (exact) mass is 843 g/mol. The first-order valence-electron chi connectivity index (χ1n) is 22.4. The van der Waals surface area contributed by atoms with Crippen LogP contribution in [0.15, 0.2) is 242 Å². The number of aromatic nitrogens is 2. The Morgan fingerprint density at radius 2 is 0.818 bits per heavy atom. The maximum atomic E-state index is 6.45. The first kappa shape index (κ1) is 37.7. The Morgan fingerprint density at radius 3 is 1.41 bits per heavy atom. The molecule has 3 heterocycles. The SMILES string of the molecule is C=Cc1ccc(-n2c3ccccc3c3cc(-c4ccc(N(c5ccc(-c6cccc7c6oc6ccccc67)cc5)c5ccc(-n6c7ccccc7c7ccccc76)cc5)cc4)ccc32)cc1. The van der Waals surface area contributed by atoms with Gasteiger partial charge in [-0.1, -0.05) is 146 Å². The minimum Gasteiger partial charge on any atom is -0.455 e. The Morgan fingerprint density at radius 1 is 0.364 bits per heavy atom. The highest BCUT2D eigenvalue weighted by Gasteiger charge is 2.18. The first-order valence-corrected chi connectivity index (χ1v) is 22.4. The van der Waals surface area contributed by atoms with E-state index in [2.05, 4.69) is 239 Å². The van der Waals surface area contributed by atoms with Crippen molar-refractivity contribution in [1.29, 1.82) is 0 Å². The van der Waals surface area contributed by atoms with Gasteiger partial charge in [-0.15, -0.1) is 0 Å². The molecule has 4 heteroatoms. The predicted octanol–water partition coefficient (Wildman–Crippen LogP) is 17.2. The van der Waals surface area contributed by atoms with Gasteiger partial charge in [0.2, 0.25) is 0 Å². The Kier molecular flexibility index (Phi) is 8.65. The third-order valence-electron chi connectivity index (χ3n) is 13.3. The van der Waals surface area contributed by atoms with Crippen LogP contribution in [0.3, 0.4) is 0 Å². The van der Waals surface area contributed by atoms with Crippen molar-refractivity contribution in [3.8, 4) is 33.6 Å². The van der Waals surface area contributed by atoms with Crippen molar-refractivity contribution in [3.05, 3.63) is 243 Å². The molecule has 0 saturated carbocycles. The zero-order chi connectivity index (χ0) is 43.7. The zero-order valence-corrected chi connectivity index (χ0v) is 36.0. The molecular formula is C62H41N3O. The van der Waals surface area contributed by atoms with Gasteiger partial charge in [0, 0.05) is 66.3 Å². The minimum atomic E-state index is 0.900. The molecule has 13 rings (SSSR count). The van der Waals surface area contributed by atoms with Gasteiger partial charge in [0.05, 0.1) is 22.1 Å². The largest absolute Gasteiger partial charge is 0.455 e. The number of hydrogen-bond acceptors (Lipinski definition) is 2. The molecule has 0 unspecified atom stereocenters. The lowest BCUT2D eigenvalue weighted by Gasteiger charge is -2.26. The van der Waals surface area contributed by atoms with Gasteiger partial charge in [0.25, 0.3) is 0 Å². The molecule has 0 aliphatic heterocycles. The van der Waals surface area contributed by atoms with E-state index in [0.29, 0.717) is 0 Å². The van der Waals surface area contributed by atoms with Gasteiger partial charge in [-0.3, -0.25) is 0 Å². The number of rotatable bonds is 8. The minimum absolute atomic E-state index is 0.900. The lowest BCUT2D eigenvalue weighted by atomic mass is 10.0. The summed E-state index contributed by atoms with van der Waals surface area (Å²) in [5.74, 6) is 0. The maximum Gasteiger partial charge on any atom is 0.143 e. The molecule has 10 aromatic carbocycles. The van der Waals surface area contributed by atoms with Gasteiger partial charge in [0.1, 0.15) is 11.2 Å². The Balaban J connectivity index is 0.904. The summed E-state index contributed by atoms with van der Waals surface area (Å²) in [6.45, 7) is 3.95. The highest BCUT2D eigenvalue weighted by molar-refractivity contribution is 6.12. The molecule has 66 heavy (non-hydrogen) atoms. The van der Waals surface area contributed by atoms with E-state index in [0.717, 1.165) is 72.6 Å². The van der Waals surface area contributed by atoms with E-state index < -0.39 is 0 Å². The third kappa shape index (κ3) is 6.00. The van der Waals surface area contributed by atoms with Crippen LogP contribution in [-0.2, 0) is 0 Å². The standard InChI is InChI=1S/C62H41N3O/c1-2-41-22-29-48(30-23-41)65-59-20-9-5-14-53(59)56-40-44(28-39-60(56)65)42-24-31-45(32-25-42)63(46-33-26-43(27-34-46)50-16-11-17-55-54-15-6-10-21-61(54)66-62(50)55)47-35-37-49(38-36-47)64-57-18-7-3-12-51(57)52-13-4-8-19-58(52)64/h2-40H,1H2. The number of nitrogens with zero attached hydrogens (tertiary/aromatic N) is 3. The number of hydrogen-bond donors (Lipinski definition) is 0. The quantitative estimate of drug-likeness (QED) is 0.152. The fourth-order valence-corrected chi connectivity index (χ4v) is 10.2. The molecule has 0 aliphatic carbocycles. The molecule has 0 amide bonds. The average Bonchev–Trinajstić information content (AvgIpc) is 4.05. The summed E-state index contributed by atoms with van der Waals surface area (Å²) in [6.07, 6.45) is 1.89. The van der Waals surface area contributed by atoms with Crippen LogP contribution in [0.25, 0.3) is 105 Å². The highest BCUT2D eigenvalue weighted by atomic mass is 16.3. The molecule has 3 aromatic heterocycles. The van der Waals surface area contributed by atoms with Crippen molar-refractivity contribution in [3.63, 3.8) is 0 Å². The van der Waals surface area contributed by atoms with Crippen LogP contribution in [-0.4, -0.2) is 9.13 Å². The summed E-state index contributed by atoms with van der Waals surface area (Å²) in [6, 6.07) is 83.0. The lowest BCUT2D eigenvalue weighted by Crippen LogP contribution is -2.10. The van der Waals surface area contributed by atoms with E-state index in [1.807, 2.05) is 18.2 Å². The molecule has 0 spiro atoms. The molecule has 0 N–H and O–H groups in total. The number of para-hydroxylation sites is 5. The molecule has 0 saturated heterocycles. The van der Waals surface area contributed by atoms with Crippen molar-refractivity contribution < 1.29 is 4.42 Å². The second kappa shape index (κ2) is 15.2. The average molecular weight is 844 g/mol. The summed E-state index contributed by atoms with van der Waals surface area (Å²) in [5.41, 5.74) is 17.6. The van der Waals surface area contributed by atoms with Crippen molar-refractivity contribution in [2.75, 3.05) is 4.90 Å². The summed E-state index contributed by atoms with van der Waals surface area (Å²) in [7, 11) is 0. The molecule has 0 atom stereocenters. The van der Waals surface area contributed by atoms with Crippen molar-refractivity contribution in [2.24, 2.45) is 0 Å². The van der Waals surface area contributed by atoms with E-state index in [4.69, 9.17) is 4.42 Å². The fourth-order valence-electron chi connectivity index (χ4n) is 10.2. The topological polar surface area (TPSA) is 26.2 Å². The first-order chi connectivity index (χ1) is 32.7. The van der Waals surface area contributed by atoms with E-state index in [1.54, 1.807) is 0 Å². The molecule has 4 nitrogen and oxygen atoms in total. The van der Waals surface area contributed by atoms with Crippen LogP contribution in [0, 0.1) is 0 Å². The second-order valence-electron chi connectivity index (χ2n) is 17.0. The third-order valence-corrected chi connectivity index (χ3v) is 13.3. The molecule has 0 aliphatic rings. The molecule has 0 radical (unpaired) electrons. The van der Waals surface area contributed by atoms with Crippen LogP contribution in [0.1, 0.15) is 5.56 Å². The summed E-state index contributed by atoms with van der Waals surface area (Å²) >= 11 is 0. The van der Waals surface area contributed by atoms with E-state index in [9.17, 15) is 0 Å². The number of benzene rings is 10. The second-order valence-corrected chi connectivity index (χ2v) is 17.0. The van der Waals surface area contributed by atoms with Crippen LogP contribution in [0.2, 0.25) is 0 Å². The summed E-state index contributed by atoms with van der Waals surface area (Å²) in [4.78, 5) is 2.35. The maximum absolute atomic E-state index is 6.45. The summed E-state index contributed by atoms with van der Waals surface area (Å²) < 4.78 is 11.2.